The molecule has 1 saturated heterocycles. The molecule has 1 fully saturated rings. The molecule has 0 N–H and O–H groups in total. The van der Waals surface area contributed by atoms with Gasteiger partial charge < -0.3 is 9.30 Å². The highest BCUT2D eigenvalue weighted by atomic mass is 16.5. The standard InChI is InChI=1S/C9H14N2O2/c1-10-4-5-11(9(10)12)7-8-3-2-6-13-8/h4-5,8H,2-3,6-7H2,1H3. The summed E-state index contributed by atoms with van der Waals surface area (Å²) in [6, 6.07) is 0. The number of rotatable bonds is 2. The molecule has 2 heterocycles. The molecule has 0 spiro atoms. The summed E-state index contributed by atoms with van der Waals surface area (Å²) in [6.07, 6.45) is 6.01. The molecule has 13 heavy (non-hydrogen) atoms. The van der Waals surface area contributed by atoms with Crippen LogP contribution in [0.25, 0.3) is 0 Å². The lowest BCUT2D eigenvalue weighted by atomic mass is 10.2. The fourth-order valence-electron chi connectivity index (χ4n) is 1.66. The Morgan fingerprint density at radius 1 is 1.62 bits per heavy atom. The average Bonchev–Trinajstić information content (AvgIpc) is 2.71. The predicted octanol–water partition coefficient (Wildman–Crippen LogP) is 0.366. The van der Waals surface area contributed by atoms with E-state index in [9.17, 15) is 4.79 Å². The number of imidazole rings is 1. The molecule has 2 rings (SSSR count). The summed E-state index contributed by atoms with van der Waals surface area (Å²) in [5, 5.41) is 0. The summed E-state index contributed by atoms with van der Waals surface area (Å²) in [5.74, 6) is 0. The first-order valence-electron chi connectivity index (χ1n) is 4.61. The molecule has 0 aliphatic carbocycles. The lowest BCUT2D eigenvalue weighted by Crippen LogP contribution is -2.26. The third-order valence-electron chi connectivity index (χ3n) is 2.44. The van der Waals surface area contributed by atoms with Crippen LogP contribution in [-0.4, -0.2) is 21.8 Å². The summed E-state index contributed by atoms with van der Waals surface area (Å²) >= 11 is 0. The zero-order chi connectivity index (χ0) is 9.26. The molecular weight excluding hydrogens is 168 g/mol. The van der Waals surface area contributed by atoms with Gasteiger partial charge in [-0.3, -0.25) is 4.57 Å². The van der Waals surface area contributed by atoms with Crippen molar-refractivity contribution < 1.29 is 4.74 Å². The summed E-state index contributed by atoms with van der Waals surface area (Å²) < 4.78 is 8.73. The molecule has 0 radical (unpaired) electrons. The van der Waals surface area contributed by atoms with E-state index in [-0.39, 0.29) is 11.8 Å². The molecular formula is C9H14N2O2. The van der Waals surface area contributed by atoms with Gasteiger partial charge >= 0.3 is 5.69 Å². The molecule has 0 bridgehead atoms. The van der Waals surface area contributed by atoms with E-state index < -0.39 is 0 Å². The topological polar surface area (TPSA) is 36.2 Å². The Bertz CT molecular complexity index is 334. The third-order valence-corrected chi connectivity index (χ3v) is 2.44. The van der Waals surface area contributed by atoms with Crippen LogP contribution in [-0.2, 0) is 18.3 Å². The molecule has 1 unspecified atom stereocenters. The van der Waals surface area contributed by atoms with E-state index in [1.807, 2.05) is 6.20 Å². The van der Waals surface area contributed by atoms with E-state index >= 15 is 0 Å². The minimum atomic E-state index is 0.0375. The van der Waals surface area contributed by atoms with Gasteiger partial charge in [0.1, 0.15) is 0 Å². The van der Waals surface area contributed by atoms with Gasteiger partial charge in [0.15, 0.2) is 0 Å². The van der Waals surface area contributed by atoms with Gasteiger partial charge in [0.2, 0.25) is 0 Å². The Labute approximate surface area is 76.7 Å². The molecule has 1 aliphatic heterocycles. The van der Waals surface area contributed by atoms with Crippen molar-refractivity contribution in [3.63, 3.8) is 0 Å². The Morgan fingerprint density at radius 3 is 3.00 bits per heavy atom. The minimum absolute atomic E-state index is 0.0375. The number of aromatic nitrogens is 2. The monoisotopic (exact) mass is 182 g/mol. The normalized spacial score (nSPS) is 22.4. The zero-order valence-corrected chi connectivity index (χ0v) is 7.77. The number of aryl methyl sites for hydroxylation is 1. The molecule has 0 aromatic carbocycles. The molecule has 4 heteroatoms. The zero-order valence-electron chi connectivity index (χ0n) is 7.77. The molecule has 4 nitrogen and oxygen atoms in total. The maximum absolute atomic E-state index is 11.4. The predicted molar refractivity (Wildman–Crippen MR) is 48.6 cm³/mol. The fourth-order valence-corrected chi connectivity index (χ4v) is 1.66. The Hall–Kier alpha value is -1.03. The fraction of sp³-hybridized carbons (Fsp3) is 0.667. The van der Waals surface area contributed by atoms with Gasteiger partial charge in [0, 0.05) is 26.0 Å². The van der Waals surface area contributed by atoms with E-state index in [0.717, 1.165) is 19.4 Å². The number of hydrogen-bond donors (Lipinski definition) is 0. The molecule has 1 aliphatic rings. The van der Waals surface area contributed by atoms with Gasteiger partial charge in [-0.1, -0.05) is 0 Å². The Morgan fingerprint density at radius 2 is 2.46 bits per heavy atom. The highest BCUT2D eigenvalue weighted by Gasteiger charge is 2.16. The third kappa shape index (κ3) is 1.67. The van der Waals surface area contributed by atoms with Crippen LogP contribution in [0.15, 0.2) is 17.2 Å². The smallest absolute Gasteiger partial charge is 0.327 e. The largest absolute Gasteiger partial charge is 0.376 e. The van der Waals surface area contributed by atoms with Crippen molar-refractivity contribution in [2.45, 2.75) is 25.5 Å². The van der Waals surface area contributed by atoms with Crippen LogP contribution in [0.3, 0.4) is 0 Å². The Kier molecular flexibility index (Phi) is 2.22. The first-order valence-corrected chi connectivity index (χ1v) is 4.61. The van der Waals surface area contributed by atoms with Crippen molar-refractivity contribution in [2.24, 2.45) is 7.05 Å². The second-order valence-electron chi connectivity index (χ2n) is 3.48. The number of ether oxygens (including phenoxy) is 1. The SMILES string of the molecule is Cn1ccn(CC2CCCO2)c1=O. The van der Waals surface area contributed by atoms with Gasteiger partial charge in [-0.15, -0.1) is 0 Å². The maximum atomic E-state index is 11.4. The molecule has 1 atom stereocenters. The Balaban J connectivity index is 2.09. The van der Waals surface area contributed by atoms with Gasteiger partial charge in [-0.2, -0.15) is 0 Å². The van der Waals surface area contributed by atoms with Gasteiger partial charge in [0.05, 0.1) is 12.6 Å². The van der Waals surface area contributed by atoms with Crippen molar-refractivity contribution in [1.29, 1.82) is 0 Å². The van der Waals surface area contributed by atoms with E-state index in [1.165, 1.54) is 0 Å². The molecule has 1 aromatic heterocycles. The molecule has 0 saturated carbocycles. The molecule has 0 amide bonds. The summed E-state index contributed by atoms with van der Waals surface area (Å²) in [5.41, 5.74) is 0.0375. The van der Waals surface area contributed by atoms with Crippen molar-refractivity contribution in [2.75, 3.05) is 6.61 Å². The first-order chi connectivity index (χ1) is 6.27. The summed E-state index contributed by atoms with van der Waals surface area (Å²) in [4.78, 5) is 11.4. The van der Waals surface area contributed by atoms with Crippen LogP contribution in [0.5, 0.6) is 0 Å². The van der Waals surface area contributed by atoms with Gasteiger partial charge in [0.25, 0.3) is 0 Å². The highest BCUT2D eigenvalue weighted by molar-refractivity contribution is 4.81. The van der Waals surface area contributed by atoms with Crippen molar-refractivity contribution in [3.8, 4) is 0 Å². The summed E-state index contributed by atoms with van der Waals surface area (Å²) in [6.45, 7) is 1.53. The van der Waals surface area contributed by atoms with Crippen LogP contribution < -0.4 is 5.69 Å². The summed E-state index contributed by atoms with van der Waals surface area (Å²) in [7, 11) is 1.76. The van der Waals surface area contributed by atoms with E-state index in [0.29, 0.717) is 6.54 Å². The van der Waals surface area contributed by atoms with E-state index in [4.69, 9.17) is 4.74 Å². The van der Waals surface area contributed by atoms with Gasteiger partial charge in [-0.25, -0.2) is 4.79 Å². The van der Waals surface area contributed by atoms with E-state index in [2.05, 4.69) is 0 Å². The maximum Gasteiger partial charge on any atom is 0.327 e. The lowest BCUT2D eigenvalue weighted by molar-refractivity contribution is 0.0961. The second-order valence-corrected chi connectivity index (χ2v) is 3.48. The molecule has 1 aromatic rings. The van der Waals surface area contributed by atoms with Crippen LogP contribution in [0.4, 0.5) is 0 Å². The highest BCUT2D eigenvalue weighted by Crippen LogP contribution is 2.12. The van der Waals surface area contributed by atoms with Crippen molar-refractivity contribution >= 4 is 0 Å². The minimum Gasteiger partial charge on any atom is -0.376 e. The number of nitrogens with zero attached hydrogens (tertiary/aromatic N) is 2. The quantitative estimate of drug-likeness (QED) is 0.662. The second kappa shape index (κ2) is 3.38. The van der Waals surface area contributed by atoms with Crippen LogP contribution in [0.2, 0.25) is 0 Å². The number of hydrogen-bond acceptors (Lipinski definition) is 2. The lowest BCUT2D eigenvalue weighted by Gasteiger charge is -2.08. The van der Waals surface area contributed by atoms with Crippen molar-refractivity contribution in [3.05, 3.63) is 22.9 Å². The average molecular weight is 182 g/mol. The van der Waals surface area contributed by atoms with Crippen LogP contribution in [0, 0.1) is 0 Å². The van der Waals surface area contributed by atoms with Gasteiger partial charge in [-0.05, 0) is 12.8 Å². The first kappa shape index (κ1) is 8.56. The van der Waals surface area contributed by atoms with Crippen LogP contribution in [0.1, 0.15) is 12.8 Å². The molecule has 72 valence electrons. The van der Waals surface area contributed by atoms with E-state index in [1.54, 1.807) is 22.4 Å². The van der Waals surface area contributed by atoms with Crippen LogP contribution >= 0.6 is 0 Å². The van der Waals surface area contributed by atoms with Crippen molar-refractivity contribution in [1.82, 2.24) is 9.13 Å².